The van der Waals surface area contributed by atoms with Crippen molar-refractivity contribution < 1.29 is 13.2 Å². The van der Waals surface area contributed by atoms with E-state index in [-0.39, 0.29) is 23.3 Å². The van der Waals surface area contributed by atoms with Gasteiger partial charge in [-0.15, -0.1) is 0 Å². The zero-order valence-corrected chi connectivity index (χ0v) is 11.4. The summed E-state index contributed by atoms with van der Waals surface area (Å²) < 4.78 is 22.0. The van der Waals surface area contributed by atoms with Crippen LogP contribution in [0.1, 0.15) is 16.1 Å². The lowest BCUT2D eigenvalue weighted by Gasteiger charge is -2.16. The Bertz CT molecular complexity index is 604. The predicted octanol–water partition coefficient (Wildman–Crippen LogP) is -0.200. The molecule has 18 heavy (non-hydrogen) atoms. The van der Waals surface area contributed by atoms with Gasteiger partial charge in [0.15, 0.2) is 5.43 Å². The topological polar surface area (TPSA) is 87.3 Å². The molecule has 0 saturated carbocycles. The maximum absolute atomic E-state index is 11.9. The van der Waals surface area contributed by atoms with Gasteiger partial charge < -0.3 is 9.88 Å². The zero-order chi connectivity index (χ0) is 13.9. The molecule has 6 nitrogen and oxygen atoms in total. The van der Waals surface area contributed by atoms with Crippen LogP contribution >= 0.6 is 0 Å². The minimum atomic E-state index is -3.13. The number of aromatic nitrogens is 1. The Balaban J connectivity index is 2.84. The largest absolute Gasteiger partial charge is 0.364 e. The number of sulfone groups is 1. The molecule has 1 aromatic rings. The van der Waals surface area contributed by atoms with Crippen LogP contribution < -0.4 is 5.43 Å². The molecule has 0 fully saturated rings. The van der Waals surface area contributed by atoms with Crippen LogP contribution in [-0.2, 0) is 9.84 Å². The Morgan fingerprint density at radius 1 is 1.44 bits per heavy atom. The molecule has 100 valence electrons. The molecule has 0 saturated heterocycles. The van der Waals surface area contributed by atoms with Crippen LogP contribution in [0.3, 0.4) is 0 Å². The number of pyridine rings is 1. The fourth-order valence-electron chi connectivity index (χ4n) is 1.35. The van der Waals surface area contributed by atoms with Crippen LogP contribution in [0.4, 0.5) is 0 Å². The fourth-order valence-corrected chi connectivity index (χ4v) is 1.96. The minimum Gasteiger partial charge on any atom is -0.364 e. The van der Waals surface area contributed by atoms with Crippen LogP contribution in [0, 0.1) is 6.92 Å². The van der Waals surface area contributed by atoms with E-state index in [9.17, 15) is 18.0 Å². The van der Waals surface area contributed by atoms with Gasteiger partial charge in [-0.2, -0.15) is 0 Å². The second kappa shape index (κ2) is 5.34. The number of hydrogen-bond acceptors (Lipinski definition) is 4. The summed E-state index contributed by atoms with van der Waals surface area (Å²) in [4.78, 5) is 27.5. The summed E-state index contributed by atoms with van der Waals surface area (Å²) in [7, 11) is -1.67. The highest BCUT2D eigenvalue weighted by Gasteiger charge is 2.16. The normalized spacial score (nSPS) is 11.3. The predicted molar refractivity (Wildman–Crippen MR) is 68.5 cm³/mol. The number of rotatable bonds is 4. The molecule has 1 heterocycles. The van der Waals surface area contributed by atoms with Crippen molar-refractivity contribution in [1.29, 1.82) is 0 Å². The summed E-state index contributed by atoms with van der Waals surface area (Å²) in [6, 6.07) is 1.33. The van der Waals surface area contributed by atoms with Crippen molar-refractivity contribution in [2.45, 2.75) is 6.92 Å². The van der Waals surface area contributed by atoms with Crippen molar-refractivity contribution in [2.24, 2.45) is 0 Å². The molecule has 1 N–H and O–H groups in total. The average Bonchev–Trinajstić information content (AvgIpc) is 2.24. The summed E-state index contributed by atoms with van der Waals surface area (Å²) in [6.07, 6.45) is 2.45. The van der Waals surface area contributed by atoms with Gasteiger partial charge in [0, 0.05) is 37.8 Å². The van der Waals surface area contributed by atoms with Gasteiger partial charge in [-0.3, -0.25) is 9.59 Å². The second-order valence-electron chi connectivity index (χ2n) is 4.25. The van der Waals surface area contributed by atoms with Gasteiger partial charge in [-0.05, 0) is 6.92 Å². The first-order chi connectivity index (χ1) is 8.20. The maximum atomic E-state index is 11.9. The van der Waals surface area contributed by atoms with Crippen molar-refractivity contribution in [3.63, 3.8) is 0 Å². The molecule has 0 radical (unpaired) electrons. The number of aryl methyl sites for hydroxylation is 1. The lowest BCUT2D eigenvalue weighted by Crippen LogP contribution is -2.34. The molecule has 7 heteroatoms. The van der Waals surface area contributed by atoms with E-state index in [0.29, 0.717) is 5.69 Å². The van der Waals surface area contributed by atoms with Gasteiger partial charge in [-0.1, -0.05) is 0 Å². The third kappa shape index (κ3) is 3.99. The highest BCUT2D eigenvalue weighted by Crippen LogP contribution is 1.98. The third-order valence-electron chi connectivity index (χ3n) is 2.43. The third-order valence-corrected chi connectivity index (χ3v) is 3.36. The van der Waals surface area contributed by atoms with Crippen LogP contribution in [0.25, 0.3) is 0 Å². The van der Waals surface area contributed by atoms with Crippen LogP contribution in [0.2, 0.25) is 0 Å². The van der Waals surface area contributed by atoms with Crippen molar-refractivity contribution in [3.8, 4) is 0 Å². The quantitative estimate of drug-likeness (QED) is 0.822. The number of nitrogens with zero attached hydrogens (tertiary/aromatic N) is 1. The molecule has 0 atom stereocenters. The lowest BCUT2D eigenvalue weighted by atomic mass is 10.2. The van der Waals surface area contributed by atoms with Crippen molar-refractivity contribution in [2.75, 3.05) is 25.6 Å². The van der Waals surface area contributed by atoms with E-state index < -0.39 is 15.7 Å². The van der Waals surface area contributed by atoms with Gasteiger partial charge in [-0.25, -0.2) is 8.42 Å². The monoisotopic (exact) mass is 272 g/mol. The molecular weight excluding hydrogens is 256 g/mol. The first-order valence-electron chi connectivity index (χ1n) is 5.33. The Hall–Kier alpha value is -1.63. The Morgan fingerprint density at radius 3 is 2.56 bits per heavy atom. The SMILES string of the molecule is Cc1cc(=O)c(C(=O)N(C)CCS(C)(=O)=O)c[nH]1. The van der Waals surface area contributed by atoms with E-state index in [1.54, 1.807) is 6.92 Å². The van der Waals surface area contributed by atoms with E-state index in [0.717, 1.165) is 6.26 Å². The van der Waals surface area contributed by atoms with Gasteiger partial charge in [0.25, 0.3) is 5.91 Å². The molecule has 0 spiro atoms. The summed E-state index contributed by atoms with van der Waals surface area (Å²) in [6.45, 7) is 1.77. The molecule has 0 unspecified atom stereocenters. The van der Waals surface area contributed by atoms with E-state index in [2.05, 4.69) is 4.98 Å². The number of H-pyrrole nitrogens is 1. The fraction of sp³-hybridized carbons (Fsp3) is 0.455. The van der Waals surface area contributed by atoms with Gasteiger partial charge >= 0.3 is 0 Å². The van der Waals surface area contributed by atoms with E-state index >= 15 is 0 Å². The Labute approximate surface area is 106 Å². The molecule has 1 aromatic heterocycles. The molecule has 1 amide bonds. The Kier molecular flexibility index (Phi) is 4.28. The van der Waals surface area contributed by atoms with Gasteiger partial charge in [0.05, 0.1) is 5.75 Å². The number of hydrogen-bond donors (Lipinski definition) is 1. The summed E-state index contributed by atoms with van der Waals surface area (Å²) in [5, 5.41) is 0. The van der Waals surface area contributed by atoms with Crippen LogP contribution in [-0.4, -0.2) is 49.8 Å². The highest BCUT2D eigenvalue weighted by atomic mass is 32.2. The zero-order valence-electron chi connectivity index (χ0n) is 10.6. The first-order valence-corrected chi connectivity index (χ1v) is 7.39. The van der Waals surface area contributed by atoms with E-state index in [4.69, 9.17) is 0 Å². The van der Waals surface area contributed by atoms with Crippen molar-refractivity contribution in [1.82, 2.24) is 9.88 Å². The van der Waals surface area contributed by atoms with E-state index in [1.807, 2.05) is 0 Å². The lowest BCUT2D eigenvalue weighted by molar-refractivity contribution is 0.0802. The Morgan fingerprint density at radius 2 is 2.06 bits per heavy atom. The second-order valence-corrected chi connectivity index (χ2v) is 6.51. The van der Waals surface area contributed by atoms with Gasteiger partial charge in [0.1, 0.15) is 15.4 Å². The van der Waals surface area contributed by atoms with Crippen molar-refractivity contribution >= 4 is 15.7 Å². The first kappa shape index (κ1) is 14.4. The van der Waals surface area contributed by atoms with Crippen LogP contribution in [0.5, 0.6) is 0 Å². The minimum absolute atomic E-state index is 0.0107. The molecule has 0 bridgehead atoms. The molecule has 0 aromatic carbocycles. The molecule has 1 rings (SSSR count). The number of aromatic amines is 1. The average molecular weight is 272 g/mol. The van der Waals surface area contributed by atoms with Crippen molar-refractivity contribution in [3.05, 3.63) is 33.7 Å². The summed E-state index contributed by atoms with van der Waals surface area (Å²) >= 11 is 0. The number of amides is 1. The van der Waals surface area contributed by atoms with Crippen LogP contribution in [0.15, 0.2) is 17.1 Å². The number of nitrogens with one attached hydrogen (secondary N) is 1. The number of carbonyl (C=O) groups excluding carboxylic acids is 1. The number of carbonyl (C=O) groups is 1. The standard InChI is InChI=1S/C11H16N2O4S/c1-8-6-10(14)9(7-12-8)11(15)13(2)4-5-18(3,16)17/h6-7H,4-5H2,1-3H3,(H,12,14). The molecule has 0 aliphatic heterocycles. The molecular formula is C11H16N2O4S. The highest BCUT2D eigenvalue weighted by molar-refractivity contribution is 7.90. The smallest absolute Gasteiger partial charge is 0.259 e. The molecule has 0 aliphatic rings. The van der Waals surface area contributed by atoms with E-state index in [1.165, 1.54) is 24.2 Å². The summed E-state index contributed by atoms with van der Waals surface area (Å²) in [5.41, 5.74) is 0.300. The summed E-state index contributed by atoms with van der Waals surface area (Å²) in [5.74, 6) is -0.612. The maximum Gasteiger partial charge on any atom is 0.259 e. The van der Waals surface area contributed by atoms with Gasteiger partial charge in [0.2, 0.25) is 0 Å². The molecule has 0 aliphatic carbocycles.